The minimum absolute atomic E-state index is 0.0999. The molecule has 1 N–H and O–H groups in total. The minimum Gasteiger partial charge on any atom is -0.494 e. The highest BCUT2D eigenvalue weighted by molar-refractivity contribution is 6.04. The second kappa shape index (κ2) is 10.2. The molecule has 2 aromatic rings. The molecular weight excluding hydrogens is 386 g/mol. The second-order valence-electron chi connectivity index (χ2n) is 8.84. The van der Waals surface area contributed by atoms with E-state index in [1.54, 1.807) is 0 Å². The first-order valence-corrected chi connectivity index (χ1v) is 11.8. The molecule has 0 aromatic heterocycles. The Balaban J connectivity index is 1.30. The average Bonchev–Trinajstić information content (AvgIpc) is 3.44. The molecule has 0 bridgehead atoms. The standard InChI is InChI=1S/C26H35N3O2/c1-3-4-18-31-25-13-7-21(8-14-25)26(30)27-22-9-11-23(12-10-22)28-17-15-24(19-28)29-16-5-6-20(29)2/h7-14,20,24H,3-6,15-19H2,1-2H3,(H,27,30). The Hall–Kier alpha value is -2.53. The molecule has 1 amide bonds. The smallest absolute Gasteiger partial charge is 0.255 e. The molecule has 2 unspecified atom stereocenters. The van der Waals surface area contributed by atoms with Gasteiger partial charge in [-0.05, 0) is 87.7 Å². The summed E-state index contributed by atoms with van der Waals surface area (Å²) >= 11 is 0. The van der Waals surface area contributed by atoms with Gasteiger partial charge >= 0.3 is 0 Å². The molecule has 2 aromatic carbocycles. The zero-order valence-corrected chi connectivity index (χ0v) is 18.8. The van der Waals surface area contributed by atoms with Crippen molar-refractivity contribution in [2.75, 3.05) is 36.5 Å². The largest absolute Gasteiger partial charge is 0.494 e. The van der Waals surface area contributed by atoms with Crippen molar-refractivity contribution in [2.45, 2.75) is 58.0 Å². The predicted molar refractivity (Wildman–Crippen MR) is 127 cm³/mol. The number of likely N-dealkylation sites (tertiary alicyclic amines) is 1. The molecular formula is C26H35N3O2. The summed E-state index contributed by atoms with van der Waals surface area (Å²) in [5.41, 5.74) is 2.69. The third kappa shape index (κ3) is 5.40. The van der Waals surface area contributed by atoms with Crippen molar-refractivity contribution in [1.82, 2.24) is 4.90 Å². The van der Waals surface area contributed by atoms with E-state index in [9.17, 15) is 4.79 Å². The second-order valence-corrected chi connectivity index (χ2v) is 8.84. The van der Waals surface area contributed by atoms with Crippen LogP contribution in [0.1, 0.15) is 56.3 Å². The fourth-order valence-electron chi connectivity index (χ4n) is 4.74. The number of hydrogen-bond acceptors (Lipinski definition) is 4. The van der Waals surface area contributed by atoms with Crippen LogP contribution in [0, 0.1) is 0 Å². The van der Waals surface area contributed by atoms with Gasteiger partial charge in [-0.1, -0.05) is 13.3 Å². The fraction of sp³-hybridized carbons (Fsp3) is 0.500. The number of nitrogens with one attached hydrogen (secondary N) is 1. The summed E-state index contributed by atoms with van der Waals surface area (Å²) in [6.45, 7) is 8.66. The molecule has 2 saturated heterocycles. The van der Waals surface area contributed by atoms with Gasteiger partial charge in [-0.25, -0.2) is 0 Å². The van der Waals surface area contributed by atoms with E-state index in [1.807, 2.05) is 36.4 Å². The Morgan fingerprint density at radius 3 is 2.52 bits per heavy atom. The lowest BCUT2D eigenvalue weighted by atomic mass is 10.2. The van der Waals surface area contributed by atoms with Crippen LogP contribution >= 0.6 is 0 Å². The maximum absolute atomic E-state index is 12.6. The first-order valence-electron chi connectivity index (χ1n) is 11.8. The Morgan fingerprint density at radius 2 is 1.84 bits per heavy atom. The Kier molecular flexibility index (Phi) is 7.13. The van der Waals surface area contributed by atoms with Gasteiger partial charge in [0.15, 0.2) is 0 Å². The van der Waals surface area contributed by atoms with Crippen molar-refractivity contribution >= 4 is 17.3 Å². The summed E-state index contributed by atoms with van der Waals surface area (Å²) in [6, 6.07) is 17.0. The molecule has 0 radical (unpaired) electrons. The van der Waals surface area contributed by atoms with Crippen LogP contribution in [0.2, 0.25) is 0 Å². The van der Waals surface area contributed by atoms with Crippen LogP contribution < -0.4 is 15.0 Å². The van der Waals surface area contributed by atoms with Gasteiger partial charge in [0.1, 0.15) is 5.75 Å². The minimum atomic E-state index is -0.0999. The normalized spacial score (nSPS) is 21.4. The number of anilines is 2. The van der Waals surface area contributed by atoms with E-state index in [4.69, 9.17) is 4.74 Å². The molecule has 2 aliphatic rings. The van der Waals surface area contributed by atoms with Crippen LogP contribution in [0.3, 0.4) is 0 Å². The summed E-state index contributed by atoms with van der Waals surface area (Å²) in [7, 11) is 0. The number of nitrogens with zero attached hydrogens (tertiary/aromatic N) is 2. The molecule has 2 heterocycles. The van der Waals surface area contributed by atoms with E-state index in [0.29, 0.717) is 18.2 Å². The monoisotopic (exact) mass is 421 g/mol. The maximum Gasteiger partial charge on any atom is 0.255 e. The van der Waals surface area contributed by atoms with Gasteiger partial charge < -0.3 is 15.0 Å². The molecule has 0 saturated carbocycles. The van der Waals surface area contributed by atoms with Crippen molar-refractivity contribution < 1.29 is 9.53 Å². The number of rotatable bonds is 8. The SMILES string of the molecule is CCCCOc1ccc(C(=O)Nc2ccc(N3CCC(N4CCCC4C)C3)cc2)cc1. The summed E-state index contributed by atoms with van der Waals surface area (Å²) in [5.74, 6) is 0.707. The third-order valence-corrected chi connectivity index (χ3v) is 6.61. The van der Waals surface area contributed by atoms with E-state index in [0.717, 1.165) is 43.4 Å². The third-order valence-electron chi connectivity index (χ3n) is 6.61. The molecule has 2 atom stereocenters. The number of carbonyl (C=O) groups excluding carboxylic acids is 1. The number of carbonyl (C=O) groups is 1. The summed E-state index contributed by atoms with van der Waals surface area (Å²) < 4.78 is 5.67. The number of benzene rings is 2. The maximum atomic E-state index is 12.6. The number of hydrogen-bond donors (Lipinski definition) is 1. The van der Waals surface area contributed by atoms with Crippen molar-refractivity contribution in [3.8, 4) is 5.75 Å². The zero-order chi connectivity index (χ0) is 21.6. The van der Waals surface area contributed by atoms with Gasteiger partial charge in [0.25, 0.3) is 5.91 Å². The van der Waals surface area contributed by atoms with Crippen molar-refractivity contribution in [3.63, 3.8) is 0 Å². The van der Waals surface area contributed by atoms with Crippen molar-refractivity contribution in [1.29, 1.82) is 0 Å². The van der Waals surface area contributed by atoms with Gasteiger partial charge in [0.05, 0.1) is 6.61 Å². The van der Waals surface area contributed by atoms with Crippen LogP contribution in [0.25, 0.3) is 0 Å². The van der Waals surface area contributed by atoms with E-state index in [1.165, 1.54) is 31.5 Å². The van der Waals surface area contributed by atoms with Gasteiger partial charge in [0.2, 0.25) is 0 Å². The van der Waals surface area contributed by atoms with E-state index < -0.39 is 0 Å². The lowest BCUT2D eigenvalue weighted by Gasteiger charge is -2.28. The van der Waals surface area contributed by atoms with E-state index in [2.05, 4.69) is 41.1 Å². The molecule has 5 heteroatoms. The van der Waals surface area contributed by atoms with Crippen molar-refractivity contribution in [3.05, 3.63) is 54.1 Å². The fourth-order valence-corrected chi connectivity index (χ4v) is 4.74. The van der Waals surface area contributed by atoms with Crippen molar-refractivity contribution in [2.24, 2.45) is 0 Å². The first-order chi connectivity index (χ1) is 15.1. The lowest BCUT2D eigenvalue weighted by molar-refractivity contribution is 0.102. The van der Waals surface area contributed by atoms with Crippen LogP contribution in [-0.2, 0) is 0 Å². The van der Waals surface area contributed by atoms with E-state index in [-0.39, 0.29) is 5.91 Å². The predicted octanol–water partition coefficient (Wildman–Crippen LogP) is 5.18. The quantitative estimate of drug-likeness (QED) is 0.597. The molecule has 2 aliphatic heterocycles. The highest BCUT2D eigenvalue weighted by Crippen LogP contribution is 2.29. The number of amides is 1. The Morgan fingerprint density at radius 1 is 1.06 bits per heavy atom. The summed E-state index contributed by atoms with van der Waals surface area (Å²) in [4.78, 5) is 17.7. The van der Waals surface area contributed by atoms with Crippen LogP contribution in [0.15, 0.2) is 48.5 Å². The Bertz CT molecular complexity index is 850. The van der Waals surface area contributed by atoms with Crippen LogP contribution in [0.4, 0.5) is 11.4 Å². The highest BCUT2D eigenvalue weighted by atomic mass is 16.5. The zero-order valence-electron chi connectivity index (χ0n) is 18.8. The summed E-state index contributed by atoms with van der Waals surface area (Å²) in [6.07, 6.45) is 6.05. The highest BCUT2D eigenvalue weighted by Gasteiger charge is 2.32. The molecule has 2 fully saturated rings. The van der Waals surface area contributed by atoms with E-state index >= 15 is 0 Å². The molecule has 4 rings (SSSR count). The van der Waals surface area contributed by atoms with Crippen LogP contribution in [0.5, 0.6) is 5.75 Å². The van der Waals surface area contributed by atoms with Gasteiger partial charge in [-0.3, -0.25) is 9.69 Å². The van der Waals surface area contributed by atoms with Crippen LogP contribution in [-0.4, -0.2) is 49.1 Å². The molecule has 166 valence electrons. The molecule has 5 nitrogen and oxygen atoms in total. The average molecular weight is 422 g/mol. The lowest BCUT2D eigenvalue weighted by Crippen LogP contribution is -2.39. The first kappa shape index (κ1) is 21.7. The molecule has 31 heavy (non-hydrogen) atoms. The number of unbranched alkanes of at least 4 members (excludes halogenated alkanes) is 1. The van der Waals surface area contributed by atoms with Gasteiger partial charge in [-0.2, -0.15) is 0 Å². The molecule has 0 aliphatic carbocycles. The Labute approximate surface area is 186 Å². The van der Waals surface area contributed by atoms with Gasteiger partial charge in [-0.15, -0.1) is 0 Å². The molecule has 0 spiro atoms. The van der Waals surface area contributed by atoms with Gasteiger partial charge in [0, 0.05) is 42.1 Å². The topological polar surface area (TPSA) is 44.8 Å². The number of ether oxygens (including phenoxy) is 1. The summed E-state index contributed by atoms with van der Waals surface area (Å²) in [5, 5.41) is 3.00.